The molecule has 1 aromatic carbocycles. The van der Waals surface area contributed by atoms with Crippen molar-refractivity contribution in [1.29, 1.82) is 0 Å². The molecule has 1 aromatic rings. The predicted molar refractivity (Wildman–Crippen MR) is 85.9 cm³/mol. The SMILES string of the molecule is CC(C)NC(C)(CCN1c2ccccc2CC1C)C(=O)O. The summed E-state index contributed by atoms with van der Waals surface area (Å²) >= 11 is 0. The summed E-state index contributed by atoms with van der Waals surface area (Å²) in [5.41, 5.74) is 1.73. The fraction of sp³-hybridized carbons (Fsp3) is 0.588. The van der Waals surface area contributed by atoms with Gasteiger partial charge in [0.25, 0.3) is 0 Å². The van der Waals surface area contributed by atoms with Gasteiger partial charge >= 0.3 is 5.97 Å². The van der Waals surface area contributed by atoms with E-state index < -0.39 is 11.5 Å². The molecule has 116 valence electrons. The Morgan fingerprint density at radius 3 is 2.76 bits per heavy atom. The zero-order valence-corrected chi connectivity index (χ0v) is 13.4. The summed E-state index contributed by atoms with van der Waals surface area (Å²) in [6, 6.07) is 8.99. The molecule has 0 radical (unpaired) electrons. The van der Waals surface area contributed by atoms with E-state index in [0.29, 0.717) is 12.5 Å². The standard InChI is InChI=1S/C17H26N2O2/c1-12(2)18-17(4,16(20)21)9-10-19-13(3)11-14-7-5-6-8-15(14)19/h5-8,12-13,18H,9-11H2,1-4H3,(H,20,21). The van der Waals surface area contributed by atoms with Crippen LogP contribution in [0, 0.1) is 0 Å². The number of para-hydroxylation sites is 1. The lowest BCUT2D eigenvalue weighted by Gasteiger charge is -2.33. The van der Waals surface area contributed by atoms with Crippen LogP contribution >= 0.6 is 0 Å². The van der Waals surface area contributed by atoms with Crippen molar-refractivity contribution in [1.82, 2.24) is 5.32 Å². The molecule has 2 unspecified atom stereocenters. The number of hydrogen-bond acceptors (Lipinski definition) is 3. The Balaban J connectivity index is 2.09. The largest absolute Gasteiger partial charge is 0.480 e. The lowest BCUT2D eigenvalue weighted by molar-refractivity contribution is -0.144. The number of nitrogens with zero attached hydrogens (tertiary/aromatic N) is 1. The van der Waals surface area contributed by atoms with Gasteiger partial charge in [0.1, 0.15) is 5.54 Å². The first kappa shape index (κ1) is 15.8. The number of hydrogen-bond donors (Lipinski definition) is 2. The van der Waals surface area contributed by atoms with Gasteiger partial charge in [0.15, 0.2) is 0 Å². The van der Waals surface area contributed by atoms with Crippen molar-refractivity contribution < 1.29 is 9.90 Å². The van der Waals surface area contributed by atoms with Crippen molar-refractivity contribution in [3.63, 3.8) is 0 Å². The highest BCUT2D eigenvalue weighted by Gasteiger charge is 2.35. The third-order valence-electron chi connectivity index (χ3n) is 4.28. The maximum absolute atomic E-state index is 11.6. The van der Waals surface area contributed by atoms with Crippen LogP contribution in [0.2, 0.25) is 0 Å². The topological polar surface area (TPSA) is 52.6 Å². The number of carboxylic acid groups (broad SMARTS) is 1. The van der Waals surface area contributed by atoms with Gasteiger partial charge in [-0.15, -0.1) is 0 Å². The monoisotopic (exact) mass is 290 g/mol. The van der Waals surface area contributed by atoms with Crippen LogP contribution in [0.5, 0.6) is 0 Å². The van der Waals surface area contributed by atoms with Gasteiger partial charge in [0.05, 0.1) is 0 Å². The van der Waals surface area contributed by atoms with Crippen LogP contribution in [-0.2, 0) is 11.2 Å². The average molecular weight is 290 g/mol. The smallest absolute Gasteiger partial charge is 0.323 e. The van der Waals surface area contributed by atoms with Crippen LogP contribution in [0.15, 0.2) is 24.3 Å². The molecule has 0 bridgehead atoms. The molecule has 0 aliphatic carbocycles. The van der Waals surface area contributed by atoms with Crippen LogP contribution in [0.3, 0.4) is 0 Å². The molecule has 0 spiro atoms. The van der Waals surface area contributed by atoms with Gasteiger partial charge in [-0.05, 0) is 52.2 Å². The summed E-state index contributed by atoms with van der Waals surface area (Å²) in [5.74, 6) is -0.781. The second-order valence-electron chi connectivity index (χ2n) is 6.56. The van der Waals surface area contributed by atoms with E-state index in [-0.39, 0.29) is 6.04 Å². The summed E-state index contributed by atoms with van der Waals surface area (Å²) in [4.78, 5) is 13.9. The summed E-state index contributed by atoms with van der Waals surface area (Å²) in [7, 11) is 0. The lowest BCUT2D eigenvalue weighted by atomic mass is 9.96. The minimum absolute atomic E-state index is 0.148. The Morgan fingerprint density at radius 1 is 1.48 bits per heavy atom. The van der Waals surface area contributed by atoms with Crippen LogP contribution in [-0.4, -0.2) is 35.2 Å². The van der Waals surface area contributed by atoms with Gasteiger partial charge in [0.2, 0.25) is 0 Å². The Hall–Kier alpha value is -1.55. The maximum atomic E-state index is 11.6. The number of carbonyl (C=O) groups is 1. The number of aliphatic carboxylic acids is 1. The first-order valence-electron chi connectivity index (χ1n) is 7.69. The number of benzene rings is 1. The van der Waals surface area contributed by atoms with Gasteiger partial charge in [0, 0.05) is 24.3 Å². The van der Waals surface area contributed by atoms with Crippen LogP contribution in [0.25, 0.3) is 0 Å². The summed E-state index contributed by atoms with van der Waals surface area (Å²) in [6.45, 7) is 8.70. The number of anilines is 1. The molecule has 4 heteroatoms. The Labute approximate surface area is 127 Å². The fourth-order valence-electron chi connectivity index (χ4n) is 3.19. The molecule has 1 heterocycles. The van der Waals surface area contributed by atoms with Gasteiger partial charge in [-0.3, -0.25) is 10.1 Å². The van der Waals surface area contributed by atoms with Crippen molar-refractivity contribution in [2.24, 2.45) is 0 Å². The molecule has 1 aliphatic rings. The molecule has 0 aromatic heterocycles. The van der Waals surface area contributed by atoms with E-state index in [9.17, 15) is 9.90 Å². The molecule has 1 aliphatic heterocycles. The molecule has 0 fully saturated rings. The first-order chi connectivity index (χ1) is 9.83. The Morgan fingerprint density at radius 2 is 2.14 bits per heavy atom. The summed E-state index contributed by atoms with van der Waals surface area (Å²) in [5, 5.41) is 12.7. The van der Waals surface area contributed by atoms with E-state index in [1.807, 2.05) is 19.9 Å². The molecule has 4 nitrogen and oxygen atoms in total. The highest BCUT2D eigenvalue weighted by atomic mass is 16.4. The van der Waals surface area contributed by atoms with Crippen molar-refractivity contribution >= 4 is 11.7 Å². The Kier molecular flexibility index (Phi) is 4.57. The van der Waals surface area contributed by atoms with Gasteiger partial charge in [-0.1, -0.05) is 18.2 Å². The highest BCUT2D eigenvalue weighted by Crippen LogP contribution is 2.32. The van der Waals surface area contributed by atoms with Gasteiger partial charge in [-0.25, -0.2) is 0 Å². The quantitative estimate of drug-likeness (QED) is 0.846. The van der Waals surface area contributed by atoms with Gasteiger partial charge in [-0.2, -0.15) is 0 Å². The summed E-state index contributed by atoms with van der Waals surface area (Å²) in [6.07, 6.45) is 1.62. The molecule has 21 heavy (non-hydrogen) atoms. The normalized spacial score (nSPS) is 20.4. The zero-order chi connectivity index (χ0) is 15.6. The molecule has 0 saturated carbocycles. The number of rotatable bonds is 6. The average Bonchev–Trinajstić information content (AvgIpc) is 2.71. The second kappa shape index (κ2) is 6.06. The molecule has 0 amide bonds. The molecular formula is C17H26N2O2. The van der Waals surface area contributed by atoms with E-state index >= 15 is 0 Å². The zero-order valence-electron chi connectivity index (χ0n) is 13.4. The van der Waals surface area contributed by atoms with Crippen molar-refractivity contribution in [3.05, 3.63) is 29.8 Å². The van der Waals surface area contributed by atoms with Crippen molar-refractivity contribution in [2.45, 2.75) is 58.2 Å². The Bertz CT molecular complexity index is 515. The van der Waals surface area contributed by atoms with Crippen LogP contribution in [0.4, 0.5) is 5.69 Å². The minimum Gasteiger partial charge on any atom is -0.480 e. The highest BCUT2D eigenvalue weighted by molar-refractivity contribution is 5.78. The molecule has 2 rings (SSSR count). The van der Waals surface area contributed by atoms with Crippen molar-refractivity contribution in [2.75, 3.05) is 11.4 Å². The minimum atomic E-state index is -0.884. The van der Waals surface area contributed by atoms with Crippen molar-refractivity contribution in [3.8, 4) is 0 Å². The second-order valence-corrected chi connectivity index (χ2v) is 6.56. The molecule has 2 N–H and O–H groups in total. The van der Waals surface area contributed by atoms with Gasteiger partial charge < -0.3 is 10.0 Å². The number of nitrogens with one attached hydrogen (secondary N) is 1. The van der Waals surface area contributed by atoms with Crippen LogP contribution in [0.1, 0.15) is 39.7 Å². The van der Waals surface area contributed by atoms with E-state index in [1.54, 1.807) is 6.92 Å². The molecule has 0 saturated heterocycles. The summed E-state index contributed by atoms with van der Waals surface area (Å²) < 4.78 is 0. The number of fused-ring (bicyclic) bond motifs is 1. The third kappa shape index (κ3) is 3.38. The van der Waals surface area contributed by atoms with E-state index in [2.05, 4.69) is 35.3 Å². The van der Waals surface area contributed by atoms with E-state index in [0.717, 1.165) is 13.0 Å². The predicted octanol–water partition coefficient (Wildman–Crippen LogP) is 2.67. The van der Waals surface area contributed by atoms with Crippen LogP contribution < -0.4 is 10.2 Å². The van der Waals surface area contributed by atoms with E-state index in [4.69, 9.17) is 0 Å². The maximum Gasteiger partial charge on any atom is 0.323 e. The first-order valence-corrected chi connectivity index (χ1v) is 7.69. The number of carboxylic acids is 1. The van der Waals surface area contributed by atoms with E-state index in [1.165, 1.54) is 11.3 Å². The lowest BCUT2D eigenvalue weighted by Crippen LogP contribution is -2.54. The fourth-order valence-corrected chi connectivity index (χ4v) is 3.19. The molecular weight excluding hydrogens is 264 g/mol. The third-order valence-corrected chi connectivity index (χ3v) is 4.28. The molecule has 2 atom stereocenters.